The predicted octanol–water partition coefficient (Wildman–Crippen LogP) is 0.600. The standard InChI is InChI=1S/C12H9FN4O2/c13-8-3-1-2-7(4-8)5-17-6-14-9-10(17)15-12(19)16-11(9)18/h1-4,6H,5H2,(H2,15,16,18,19). The molecular weight excluding hydrogens is 251 g/mol. The lowest BCUT2D eigenvalue weighted by atomic mass is 10.2. The Morgan fingerprint density at radius 1 is 1.26 bits per heavy atom. The number of H-pyrrole nitrogens is 2. The lowest BCUT2D eigenvalue weighted by Crippen LogP contribution is -2.22. The summed E-state index contributed by atoms with van der Waals surface area (Å²) in [5, 5.41) is 0. The predicted molar refractivity (Wildman–Crippen MR) is 66.5 cm³/mol. The third-order valence-corrected chi connectivity index (χ3v) is 2.75. The average molecular weight is 260 g/mol. The van der Waals surface area contributed by atoms with Gasteiger partial charge >= 0.3 is 5.69 Å². The van der Waals surface area contributed by atoms with Crippen molar-refractivity contribution < 1.29 is 4.39 Å². The van der Waals surface area contributed by atoms with Gasteiger partial charge in [-0.2, -0.15) is 0 Å². The van der Waals surface area contributed by atoms with Gasteiger partial charge < -0.3 is 4.57 Å². The van der Waals surface area contributed by atoms with E-state index in [0.717, 1.165) is 0 Å². The molecule has 0 spiro atoms. The van der Waals surface area contributed by atoms with E-state index >= 15 is 0 Å². The van der Waals surface area contributed by atoms with Crippen molar-refractivity contribution in [1.29, 1.82) is 0 Å². The van der Waals surface area contributed by atoms with E-state index < -0.39 is 11.2 Å². The van der Waals surface area contributed by atoms with Crippen LogP contribution in [0.3, 0.4) is 0 Å². The Bertz CT molecular complexity index is 862. The molecule has 2 aromatic heterocycles. The van der Waals surface area contributed by atoms with E-state index in [1.54, 1.807) is 16.7 Å². The van der Waals surface area contributed by atoms with E-state index in [-0.39, 0.29) is 11.3 Å². The fourth-order valence-electron chi connectivity index (χ4n) is 1.93. The summed E-state index contributed by atoms with van der Waals surface area (Å²) in [6, 6.07) is 6.08. The number of aromatic nitrogens is 4. The Morgan fingerprint density at radius 3 is 2.89 bits per heavy atom. The fourth-order valence-corrected chi connectivity index (χ4v) is 1.93. The molecule has 0 unspecified atom stereocenters. The number of rotatable bonds is 2. The maximum absolute atomic E-state index is 13.1. The van der Waals surface area contributed by atoms with Crippen molar-refractivity contribution in [2.24, 2.45) is 0 Å². The van der Waals surface area contributed by atoms with Gasteiger partial charge in [0, 0.05) is 0 Å². The first-order valence-corrected chi connectivity index (χ1v) is 5.55. The Labute approximate surface area is 105 Å². The van der Waals surface area contributed by atoms with Gasteiger partial charge in [-0.15, -0.1) is 0 Å². The molecule has 3 aromatic rings. The van der Waals surface area contributed by atoms with Gasteiger partial charge in [0.25, 0.3) is 5.56 Å². The monoisotopic (exact) mass is 260 g/mol. The zero-order valence-electron chi connectivity index (χ0n) is 9.68. The van der Waals surface area contributed by atoms with Crippen molar-refractivity contribution in [3.8, 4) is 0 Å². The summed E-state index contributed by atoms with van der Waals surface area (Å²) < 4.78 is 14.7. The first kappa shape index (κ1) is 11.4. The molecular formula is C12H9FN4O2. The first-order valence-electron chi connectivity index (χ1n) is 5.55. The van der Waals surface area contributed by atoms with E-state index in [1.807, 2.05) is 0 Å². The number of fused-ring (bicyclic) bond motifs is 1. The Kier molecular flexibility index (Phi) is 2.52. The molecule has 2 N–H and O–H groups in total. The van der Waals surface area contributed by atoms with Crippen molar-refractivity contribution in [2.45, 2.75) is 6.54 Å². The van der Waals surface area contributed by atoms with Gasteiger partial charge in [0.2, 0.25) is 0 Å². The minimum absolute atomic E-state index is 0.149. The molecule has 0 saturated carbocycles. The molecule has 0 aliphatic rings. The van der Waals surface area contributed by atoms with Crippen LogP contribution in [0.2, 0.25) is 0 Å². The summed E-state index contributed by atoms with van der Waals surface area (Å²) in [5.41, 5.74) is 0.0321. The number of nitrogens with one attached hydrogen (secondary N) is 2. The molecule has 6 nitrogen and oxygen atoms in total. The smallest absolute Gasteiger partial charge is 0.312 e. The normalized spacial score (nSPS) is 11.0. The number of nitrogens with zero attached hydrogens (tertiary/aromatic N) is 2. The highest BCUT2D eigenvalue weighted by Crippen LogP contribution is 2.09. The highest BCUT2D eigenvalue weighted by atomic mass is 19.1. The minimum atomic E-state index is -0.599. The Hall–Kier alpha value is -2.70. The molecule has 0 fully saturated rings. The molecule has 0 radical (unpaired) electrons. The average Bonchev–Trinajstić information content (AvgIpc) is 2.73. The second kappa shape index (κ2) is 4.20. The van der Waals surface area contributed by atoms with Crippen molar-refractivity contribution in [3.05, 3.63) is 62.8 Å². The van der Waals surface area contributed by atoms with E-state index in [4.69, 9.17) is 0 Å². The Balaban J connectivity index is 2.11. The SMILES string of the molecule is O=c1[nH]c(=O)c2ncn(Cc3cccc(F)c3)c2[nH]1. The van der Waals surface area contributed by atoms with E-state index in [0.29, 0.717) is 17.8 Å². The van der Waals surface area contributed by atoms with Crippen LogP contribution in [0.4, 0.5) is 4.39 Å². The highest BCUT2D eigenvalue weighted by Gasteiger charge is 2.08. The quantitative estimate of drug-likeness (QED) is 0.707. The first-order chi connectivity index (χ1) is 9.13. The summed E-state index contributed by atoms with van der Waals surface area (Å²) in [5.74, 6) is -0.340. The van der Waals surface area contributed by atoms with Crippen LogP contribution in [0, 0.1) is 5.82 Å². The van der Waals surface area contributed by atoms with Gasteiger partial charge in [0.15, 0.2) is 5.52 Å². The van der Waals surface area contributed by atoms with Crippen LogP contribution in [0.15, 0.2) is 40.2 Å². The molecule has 2 heterocycles. The Morgan fingerprint density at radius 2 is 2.11 bits per heavy atom. The summed E-state index contributed by atoms with van der Waals surface area (Å²) in [4.78, 5) is 31.3. The van der Waals surface area contributed by atoms with Gasteiger partial charge in [-0.3, -0.25) is 14.8 Å². The number of hydrogen-bond donors (Lipinski definition) is 2. The maximum Gasteiger partial charge on any atom is 0.327 e. The second-order valence-corrected chi connectivity index (χ2v) is 4.11. The van der Waals surface area contributed by atoms with Gasteiger partial charge in [-0.1, -0.05) is 12.1 Å². The van der Waals surface area contributed by atoms with Gasteiger partial charge in [-0.25, -0.2) is 14.2 Å². The molecule has 19 heavy (non-hydrogen) atoms. The summed E-state index contributed by atoms with van der Waals surface area (Å²) in [7, 11) is 0. The second-order valence-electron chi connectivity index (χ2n) is 4.11. The van der Waals surface area contributed by atoms with Crippen LogP contribution in [-0.2, 0) is 6.54 Å². The van der Waals surface area contributed by atoms with Crippen LogP contribution >= 0.6 is 0 Å². The number of halogens is 1. The van der Waals surface area contributed by atoms with Gasteiger partial charge in [-0.05, 0) is 17.7 Å². The topological polar surface area (TPSA) is 83.5 Å². The number of benzene rings is 1. The maximum atomic E-state index is 13.1. The summed E-state index contributed by atoms with van der Waals surface area (Å²) in [6.45, 7) is 0.313. The van der Waals surface area contributed by atoms with Crippen LogP contribution in [0.5, 0.6) is 0 Å². The van der Waals surface area contributed by atoms with E-state index in [1.165, 1.54) is 18.5 Å². The molecule has 96 valence electrons. The number of imidazole rings is 1. The van der Waals surface area contributed by atoms with Crippen molar-refractivity contribution >= 4 is 11.2 Å². The zero-order valence-corrected chi connectivity index (χ0v) is 9.68. The van der Waals surface area contributed by atoms with E-state index in [2.05, 4.69) is 15.0 Å². The third kappa shape index (κ3) is 2.05. The van der Waals surface area contributed by atoms with Crippen molar-refractivity contribution in [3.63, 3.8) is 0 Å². The molecule has 0 bridgehead atoms. The number of aromatic amines is 2. The molecule has 0 aliphatic heterocycles. The molecule has 3 rings (SSSR count). The van der Waals surface area contributed by atoms with Crippen LogP contribution in [-0.4, -0.2) is 19.5 Å². The zero-order chi connectivity index (χ0) is 13.4. The lowest BCUT2D eigenvalue weighted by Gasteiger charge is -2.03. The summed E-state index contributed by atoms with van der Waals surface area (Å²) in [6.07, 6.45) is 1.43. The highest BCUT2D eigenvalue weighted by molar-refractivity contribution is 5.68. The van der Waals surface area contributed by atoms with Crippen molar-refractivity contribution in [2.75, 3.05) is 0 Å². The van der Waals surface area contributed by atoms with Gasteiger partial charge in [0.05, 0.1) is 12.9 Å². The molecule has 0 atom stereocenters. The van der Waals surface area contributed by atoms with E-state index in [9.17, 15) is 14.0 Å². The minimum Gasteiger partial charge on any atom is -0.312 e. The lowest BCUT2D eigenvalue weighted by molar-refractivity contribution is 0.624. The molecule has 0 amide bonds. The molecule has 1 aromatic carbocycles. The summed E-state index contributed by atoms with van der Waals surface area (Å²) >= 11 is 0. The molecule has 0 saturated heterocycles. The van der Waals surface area contributed by atoms with Crippen LogP contribution in [0.1, 0.15) is 5.56 Å². The van der Waals surface area contributed by atoms with Crippen LogP contribution in [0.25, 0.3) is 11.2 Å². The van der Waals surface area contributed by atoms with Crippen LogP contribution < -0.4 is 11.2 Å². The molecule has 7 heteroatoms. The third-order valence-electron chi connectivity index (χ3n) is 2.75. The molecule has 0 aliphatic carbocycles. The number of hydrogen-bond acceptors (Lipinski definition) is 3. The fraction of sp³-hybridized carbons (Fsp3) is 0.0833. The largest absolute Gasteiger partial charge is 0.327 e. The van der Waals surface area contributed by atoms with Gasteiger partial charge in [0.1, 0.15) is 11.5 Å². The van der Waals surface area contributed by atoms with Crippen molar-refractivity contribution in [1.82, 2.24) is 19.5 Å².